The molecule has 1 atom stereocenters. The van der Waals surface area contributed by atoms with Gasteiger partial charge in [0.05, 0.1) is 18.2 Å². The SMILES string of the molecule is CCOc1ccc(C(C)NC(=O)c2ccc(Br)cc2F)cc1. The zero-order valence-corrected chi connectivity index (χ0v) is 14.0. The lowest BCUT2D eigenvalue weighted by atomic mass is 10.1. The average molecular weight is 366 g/mol. The second-order valence-electron chi connectivity index (χ2n) is 4.82. The number of amides is 1. The third-order valence-corrected chi connectivity index (χ3v) is 3.71. The van der Waals surface area contributed by atoms with Crippen molar-refractivity contribution in [1.29, 1.82) is 0 Å². The zero-order chi connectivity index (χ0) is 16.1. The molecule has 0 aliphatic heterocycles. The lowest BCUT2D eigenvalue weighted by molar-refractivity contribution is 0.0936. The summed E-state index contributed by atoms with van der Waals surface area (Å²) < 4.78 is 19.8. The van der Waals surface area contributed by atoms with Gasteiger partial charge in [0, 0.05) is 4.47 Å². The predicted molar refractivity (Wildman–Crippen MR) is 87.6 cm³/mol. The zero-order valence-electron chi connectivity index (χ0n) is 12.4. The van der Waals surface area contributed by atoms with Crippen molar-refractivity contribution in [2.45, 2.75) is 19.9 Å². The van der Waals surface area contributed by atoms with Crippen molar-refractivity contribution in [3.8, 4) is 5.75 Å². The highest BCUT2D eigenvalue weighted by molar-refractivity contribution is 9.10. The van der Waals surface area contributed by atoms with E-state index >= 15 is 0 Å². The molecular formula is C17H17BrFNO2. The molecule has 0 aliphatic carbocycles. The van der Waals surface area contributed by atoms with Gasteiger partial charge in [-0.1, -0.05) is 28.1 Å². The van der Waals surface area contributed by atoms with E-state index in [1.807, 2.05) is 38.1 Å². The minimum absolute atomic E-state index is 0.0287. The Morgan fingerprint density at radius 2 is 1.95 bits per heavy atom. The standard InChI is InChI=1S/C17H17BrFNO2/c1-3-22-14-7-4-12(5-8-14)11(2)20-17(21)15-9-6-13(18)10-16(15)19/h4-11H,3H2,1-2H3,(H,20,21). The first kappa shape index (κ1) is 16.5. The van der Waals surface area contributed by atoms with E-state index in [9.17, 15) is 9.18 Å². The van der Waals surface area contributed by atoms with Gasteiger partial charge in [-0.3, -0.25) is 4.79 Å². The second kappa shape index (κ2) is 7.40. The van der Waals surface area contributed by atoms with Crippen LogP contribution >= 0.6 is 15.9 Å². The summed E-state index contributed by atoms with van der Waals surface area (Å²) in [6, 6.07) is 11.6. The highest BCUT2D eigenvalue weighted by Gasteiger charge is 2.15. The van der Waals surface area contributed by atoms with Gasteiger partial charge in [-0.05, 0) is 49.7 Å². The molecule has 2 aromatic carbocycles. The molecule has 0 fully saturated rings. The monoisotopic (exact) mass is 365 g/mol. The summed E-state index contributed by atoms with van der Waals surface area (Å²) in [6.07, 6.45) is 0. The van der Waals surface area contributed by atoms with E-state index < -0.39 is 11.7 Å². The molecule has 116 valence electrons. The van der Waals surface area contributed by atoms with E-state index in [-0.39, 0.29) is 11.6 Å². The number of benzene rings is 2. The van der Waals surface area contributed by atoms with Gasteiger partial charge < -0.3 is 10.1 Å². The second-order valence-corrected chi connectivity index (χ2v) is 5.74. The van der Waals surface area contributed by atoms with Crippen LogP contribution in [0.4, 0.5) is 4.39 Å². The fourth-order valence-electron chi connectivity index (χ4n) is 2.05. The molecule has 0 spiro atoms. The number of ether oxygens (including phenoxy) is 1. The van der Waals surface area contributed by atoms with Crippen LogP contribution in [0.3, 0.4) is 0 Å². The Labute approximate surface area is 137 Å². The van der Waals surface area contributed by atoms with Crippen molar-refractivity contribution in [1.82, 2.24) is 5.32 Å². The first-order valence-corrected chi connectivity index (χ1v) is 7.79. The van der Waals surface area contributed by atoms with Gasteiger partial charge >= 0.3 is 0 Å². The lowest BCUT2D eigenvalue weighted by Gasteiger charge is -2.15. The topological polar surface area (TPSA) is 38.3 Å². The number of hydrogen-bond donors (Lipinski definition) is 1. The van der Waals surface area contributed by atoms with Gasteiger partial charge in [-0.25, -0.2) is 4.39 Å². The van der Waals surface area contributed by atoms with E-state index in [1.165, 1.54) is 12.1 Å². The van der Waals surface area contributed by atoms with Crippen LogP contribution in [0.25, 0.3) is 0 Å². The van der Waals surface area contributed by atoms with Gasteiger partial charge in [0.1, 0.15) is 11.6 Å². The maximum absolute atomic E-state index is 13.8. The molecule has 0 aromatic heterocycles. The number of nitrogens with one attached hydrogen (secondary N) is 1. The van der Waals surface area contributed by atoms with Crippen LogP contribution in [-0.2, 0) is 0 Å². The van der Waals surface area contributed by atoms with Gasteiger partial charge in [0.15, 0.2) is 0 Å². The van der Waals surface area contributed by atoms with E-state index in [0.29, 0.717) is 11.1 Å². The summed E-state index contributed by atoms with van der Waals surface area (Å²) in [7, 11) is 0. The van der Waals surface area contributed by atoms with Crippen LogP contribution in [-0.4, -0.2) is 12.5 Å². The summed E-state index contributed by atoms with van der Waals surface area (Å²) in [6.45, 7) is 4.38. The molecule has 0 saturated heterocycles. The molecule has 1 amide bonds. The van der Waals surface area contributed by atoms with Crippen molar-refractivity contribution in [3.05, 3.63) is 63.9 Å². The molecule has 0 aliphatic rings. The van der Waals surface area contributed by atoms with Crippen molar-refractivity contribution in [2.75, 3.05) is 6.61 Å². The fourth-order valence-corrected chi connectivity index (χ4v) is 2.38. The van der Waals surface area contributed by atoms with Gasteiger partial charge in [-0.15, -0.1) is 0 Å². The lowest BCUT2D eigenvalue weighted by Crippen LogP contribution is -2.27. The van der Waals surface area contributed by atoms with Gasteiger partial charge in [0.25, 0.3) is 5.91 Å². The minimum Gasteiger partial charge on any atom is -0.494 e. The molecule has 0 heterocycles. The van der Waals surface area contributed by atoms with E-state index in [2.05, 4.69) is 21.2 Å². The smallest absolute Gasteiger partial charge is 0.254 e. The largest absolute Gasteiger partial charge is 0.494 e. The minimum atomic E-state index is -0.550. The normalized spacial score (nSPS) is 11.8. The van der Waals surface area contributed by atoms with Crippen molar-refractivity contribution in [2.24, 2.45) is 0 Å². The third-order valence-electron chi connectivity index (χ3n) is 3.21. The first-order chi connectivity index (χ1) is 10.5. The van der Waals surface area contributed by atoms with Gasteiger partial charge in [-0.2, -0.15) is 0 Å². The quantitative estimate of drug-likeness (QED) is 0.848. The Balaban J connectivity index is 2.07. The molecule has 0 radical (unpaired) electrons. The molecule has 1 N–H and O–H groups in total. The number of halogens is 2. The Morgan fingerprint density at radius 1 is 1.27 bits per heavy atom. The maximum Gasteiger partial charge on any atom is 0.254 e. The van der Waals surface area contributed by atoms with Crippen molar-refractivity contribution in [3.63, 3.8) is 0 Å². The Bertz CT molecular complexity index is 658. The van der Waals surface area contributed by atoms with Crippen molar-refractivity contribution < 1.29 is 13.9 Å². The average Bonchev–Trinajstić information content (AvgIpc) is 2.48. The predicted octanol–water partition coefficient (Wildman–Crippen LogP) is 4.48. The molecule has 3 nitrogen and oxygen atoms in total. The molecule has 1 unspecified atom stereocenters. The van der Waals surface area contributed by atoms with Crippen LogP contribution < -0.4 is 10.1 Å². The molecule has 5 heteroatoms. The van der Waals surface area contributed by atoms with Crippen LogP contribution in [0.1, 0.15) is 35.8 Å². The number of carbonyl (C=O) groups is 1. The maximum atomic E-state index is 13.8. The fraction of sp³-hybridized carbons (Fsp3) is 0.235. The summed E-state index contributed by atoms with van der Waals surface area (Å²) in [5, 5.41) is 2.79. The molecule has 0 bridgehead atoms. The number of carbonyl (C=O) groups excluding carboxylic acids is 1. The van der Waals surface area contributed by atoms with Gasteiger partial charge in [0.2, 0.25) is 0 Å². The highest BCUT2D eigenvalue weighted by Crippen LogP contribution is 2.19. The van der Waals surface area contributed by atoms with Crippen molar-refractivity contribution >= 4 is 21.8 Å². The molecule has 2 aromatic rings. The van der Waals surface area contributed by atoms with Crippen LogP contribution in [0.15, 0.2) is 46.9 Å². The summed E-state index contributed by atoms with van der Waals surface area (Å²) in [4.78, 5) is 12.1. The summed E-state index contributed by atoms with van der Waals surface area (Å²) in [5.74, 6) is -0.208. The number of rotatable bonds is 5. The highest BCUT2D eigenvalue weighted by atomic mass is 79.9. The van der Waals surface area contributed by atoms with Crippen LogP contribution in [0, 0.1) is 5.82 Å². The van der Waals surface area contributed by atoms with Crippen LogP contribution in [0.5, 0.6) is 5.75 Å². The van der Waals surface area contributed by atoms with E-state index in [4.69, 9.17) is 4.74 Å². The molecule has 22 heavy (non-hydrogen) atoms. The summed E-state index contributed by atoms with van der Waals surface area (Å²) in [5.41, 5.74) is 0.954. The Kier molecular flexibility index (Phi) is 5.55. The van der Waals surface area contributed by atoms with Crippen LogP contribution in [0.2, 0.25) is 0 Å². The molecule has 0 saturated carbocycles. The molecule has 2 rings (SSSR count). The Hall–Kier alpha value is -1.88. The number of hydrogen-bond acceptors (Lipinski definition) is 2. The molecular weight excluding hydrogens is 349 g/mol. The van der Waals surface area contributed by atoms with E-state index in [0.717, 1.165) is 11.3 Å². The Morgan fingerprint density at radius 3 is 2.55 bits per heavy atom. The first-order valence-electron chi connectivity index (χ1n) is 7.00. The third kappa shape index (κ3) is 4.07. The van der Waals surface area contributed by atoms with E-state index in [1.54, 1.807) is 6.07 Å². The summed E-state index contributed by atoms with van der Waals surface area (Å²) >= 11 is 3.17.